The first-order chi connectivity index (χ1) is 19.1. The molecule has 4 N–H and O–H groups in total. The number of urea groups is 2. The molecule has 2 aliphatic rings. The quantitative estimate of drug-likeness (QED) is 0.411. The van der Waals surface area contributed by atoms with Gasteiger partial charge in [-0.1, -0.05) is 13.0 Å². The first kappa shape index (κ1) is 28.8. The van der Waals surface area contributed by atoms with Gasteiger partial charge >= 0.3 is 12.1 Å². The van der Waals surface area contributed by atoms with Crippen LogP contribution in [0.5, 0.6) is 17.2 Å². The van der Waals surface area contributed by atoms with Gasteiger partial charge in [-0.3, -0.25) is 4.79 Å². The number of hydrogen-bond acceptors (Lipinski definition) is 7. The fourth-order valence-electron chi connectivity index (χ4n) is 4.53. The number of anilines is 2. The van der Waals surface area contributed by atoms with Crippen molar-refractivity contribution >= 4 is 29.3 Å². The Kier molecular flexibility index (Phi) is 8.88. The highest BCUT2D eigenvalue weighted by molar-refractivity contribution is 6.04. The van der Waals surface area contributed by atoms with Gasteiger partial charge in [0.05, 0.1) is 30.4 Å². The maximum absolute atomic E-state index is 13.6. The van der Waals surface area contributed by atoms with Crippen molar-refractivity contribution in [3.63, 3.8) is 0 Å². The predicted octanol–water partition coefficient (Wildman–Crippen LogP) is 3.33. The van der Waals surface area contributed by atoms with E-state index in [4.69, 9.17) is 14.2 Å². The molecule has 4 rings (SSSR count). The number of para-hydroxylation sites is 1. The van der Waals surface area contributed by atoms with E-state index in [0.717, 1.165) is 0 Å². The van der Waals surface area contributed by atoms with E-state index in [1.54, 1.807) is 55.3 Å². The first-order valence-corrected chi connectivity index (χ1v) is 13.3. The summed E-state index contributed by atoms with van der Waals surface area (Å²) in [5.41, 5.74) is 1.02. The maximum Gasteiger partial charge on any atom is 0.323 e. The standard InChI is InChI=1S/C28H37N5O7/c1-16(2)29-28(37)32(5)13-24-17(3)12-33(18(4)14-34)26(35)20-7-6-8-21(25(20)40-24)31-27(36)30-19-9-10-22-23(11-19)39-15-38-22/h6-11,16-18,24,34H,12-15H2,1-5H3,(H,29,37)(H2,30,31,36)/t17-,18-,24+/m1/s1. The fraction of sp³-hybridized carbons (Fsp3) is 0.464. The van der Waals surface area contributed by atoms with E-state index in [0.29, 0.717) is 23.7 Å². The number of amides is 5. The highest BCUT2D eigenvalue weighted by atomic mass is 16.7. The van der Waals surface area contributed by atoms with Gasteiger partial charge in [-0.15, -0.1) is 0 Å². The first-order valence-electron chi connectivity index (χ1n) is 13.3. The monoisotopic (exact) mass is 555 g/mol. The summed E-state index contributed by atoms with van der Waals surface area (Å²) in [6, 6.07) is 8.67. The number of benzene rings is 2. The minimum atomic E-state index is -0.552. The van der Waals surface area contributed by atoms with Crippen molar-refractivity contribution in [3.8, 4) is 17.2 Å². The van der Waals surface area contributed by atoms with E-state index in [9.17, 15) is 19.5 Å². The van der Waals surface area contributed by atoms with Crippen molar-refractivity contribution in [3.05, 3.63) is 42.0 Å². The van der Waals surface area contributed by atoms with E-state index >= 15 is 0 Å². The lowest BCUT2D eigenvalue weighted by Gasteiger charge is -2.38. The lowest BCUT2D eigenvalue weighted by molar-refractivity contribution is 0.0368. The molecule has 0 unspecified atom stereocenters. The van der Waals surface area contributed by atoms with Crippen LogP contribution in [0.1, 0.15) is 38.1 Å². The van der Waals surface area contributed by atoms with Gasteiger partial charge in [0.1, 0.15) is 6.10 Å². The third kappa shape index (κ3) is 6.50. The molecule has 2 aromatic rings. The summed E-state index contributed by atoms with van der Waals surface area (Å²) < 4.78 is 17.1. The average molecular weight is 556 g/mol. The molecular formula is C28H37N5O7. The normalized spacial score (nSPS) is 18.7. The number of nitrogens with one attached hydrogen (secondary N) is 3. The molecule has 216 valence electrons. The van der Waals surface area contributed by atoms with E-state index in [2.05, 4.69) is 16.0 Å². The molecule has 2 heterocycles. The molecule has 3 atom stereocenters. The molecule has 0 spiro atoms. The van der Waals surface area contributed by atoms with Crippen LogP contribution in [0.15, 0.2) is 36.4 Å². The van der Waals surface area contributed by atoms with Gasteiger partial charge in [0.25, 0.3) is 5.91 Å². The van der Waals surface area contributed by atoms with Crippen molar-refractivity contribution in [2.75, 3.05) is 44.2 Å². The molecule has 5 amide bonds. The molecule has 0 bridgehead atoms. The van der Waals surface area contributed by atoms with Crippen LogP contribution in [0.3, 0.4) is 0 Å². The van der Waals surface area contributed by atoms with Crippen molar-refractivity contribution in [1.82, 2.24) is 15.1 Å². The van der Waals surface area contributed by atoms with E-state index in [1.807, 2.05) is 20.8 Å². The fourth-order valence-corrected chi connectivity index (χ4v) is 4.53. The average Bonchev–Trinajstić information content (AvgIpc) is 3.38. The Labute approximate surface area is 233 Å². The van der Waals surface area contributed by atoms with Gasteiger partial charge in [-0.2, -0.15) is 0 Å². The van der Waals surface area contributed by atoms with Gasteiger partial charge < -0.3 is 45.1 Å². The molecule has 2 aromatic carbocycles. The van der Waals surface area contributed by atoms with Gasteiger partial charge in [-0.25, -0.2) is 9.59 Å². The molecule has 0 aromatic heterocycles. The van der Waals surface area contributed by atoms with Gasteiger partial charge in [-0.05, 0) is 45.0 Å². The number of carbonyl (C=O) groups excluding carboxylic acids is 3. The minimum absolute atomic E-state index is 0.0380. The smallest absolute Gasteiger partial charge is 0.323 e. The van der Waals surface area contributed by atoms with Crippen LogP contribution in [0.2, 0.25) is 0 Å². The van der Waals surface area contributed by atoms with Crippen LogP contribution < -0.4 is 30.2 Å². The van der Waals surface area contributed by atoms with E-state index in [-0.39, 0.29) is 60.8 Å². The number of likely N-dealkylation sites (N-methyl/N-ethyl adjacent to an activating group) is 1. The number of nitrogens with zero attached hydrogens (tertiary/aromatic N) is 2. The SMILES string of the molecule is CC(C)NC(=O)N(C)C[C@@H]1Oc2c(NC(=O)Nc3ccc4c(c3)OCO4)cccc2C(=O)N([C@H](C)CO)C[C@H]1C. The summed E-state index contributed by atoms with van der Waals surface area (Å²) in [5, 5.41) is 18.3. The zero-order valence-electron chi connectivity index (χ0n) is 23.4. The molecule has 0 radical (unpaired) electrons. The van der Waals surface area contributed by atoms with E-state index < -0.39 is 18.2 Å². The summed E-state index contributed by atoms with van der Waals surface area (Å²) >= 11 is 0. The summed E-state index contributed by atoms with van der Waals surface area (Å²) in [4.78, 5) is 42.4. The number of rotatable bonds is 7. The largest absolute Gasteiger partial charge is 0.485 e. The van der Waals surface area contributed by atoms with Crippen LogP contribution >= 0.6 is 0 Å². The lowest BCUT2D eigenvalue weighted by atomic mass is 9.99. The number of hydrogen-bond donors (Lipinski definition) is 4. The van der Waals surface area contributed by atoms with Crippen LogP contribution in [0.4, 0.5) is 21.0 Å². The third-order valence-corrected chi connectivity index (χ3v) is 6.78. The number of aliphatic hydroxyl groups is 1. The molecular weight excluding hydrogens is 518 g/mol. The molecule has 40 heavy (non-hydrogen) atoms. The maximum atomic E-state index is 13.6. The number of fused-ring (bicyclic) bond motifs is 2. The topological polar surface area (TPSA) is 142 Å². The molecule has 12 heteroatoms. The Bertz CT molecular complexity index is 1250. The predicted molar refractivity (Wildman–Crippen MR) is 149 cm³/mol. The number of ether oxygens (including phenoxy) is 3. The summed E-state index contributed by atoms with van der Waals surface area (Å²) in [5.74, 6) is 0.773. The van der Waals surface area contributed by atoms with Crippen molar-refractivity contribution in [1.29, 1.82) is 0 Å². The second-order valence-corrected chi connectivity index (χ2v) is 10.4. The minimum Gasteiger partial charge on any atom is -0.485 e. The van der Waals surface area contributed by atoms with Gasteiger partial charge in [0.15, 0.2) is 17.2 Å². The Morgan fingerprint density at radius 1 is 1.12 bits per heavy atom. The molecule has 12 nitrogen and oxygen atoms in total. The summed E-state index contributed by atoms with van der Waals surface area (Å²) in [6.45, 7) is 7.89. The van der Waals surface area contributed by atoms with E-state index in [1.165, 1.54) is 4.90 Å². The second-order valence-electron chi connectivity index (χ2n) is 10.4. The van der Waals surface area contributed by atoms with Crippen molar-refractivity contribution in [2.45, 2.75) is 45.9 Å². The summed E-state index contributed by atoms with van der Waals surface area (Å²) in [6.07, 6.45) is -0.525. The van der Waals surface area contributed by atoms with Crippen LogP contribution in [0, 0.1) is 5.92 Å². The zero-order chi connectivity index (χ0) is 29.0. The lowest BCUT2D eigenvalue weighted by Crippen LogP contribution is -2.51. The molecule has 2 aliphatic heterocycles. The molecule has 0 fully saturated rings. The molecule has 0 saturated carbocycles. The highest BCUT2D eigenvalue weighted by Crippen LogP contribution is 2.36. The second kappa shape index (κ2) is 12.3. The Morgan fingerprint density at radius 2 is 1.88 bits per heavy atom. The number of aliphatic hydroxyl groups excluding tert-OH is 1. The third-order valence-electron chi connectivity index (χ3n) is 6.78. The Balaban J connectivity index is 1.62. The van der Waals surface area contributed by atoms with Crippen LogP contribution in [-0.4, -0.2) is 84.6 Å². The van der Waals surface area contributed by atoms with Crippen molar-refractivity contribution < 1.29 is 33.7 Å². The highest BCUT2D eigenvalue weighted by Gasteiger charge is 2.35. The van der Waals surface area contributed by atoms with Gasteiger partial charge in [0, 0.05) is 37.3 Å². The Morgan fingerprint density at radius 3 is 2.60 bits per heavy atom. The van der Waals surface area contributed by atoms with Crippen LogP contribution in [0.25, 0.3) is 0 Å². The van der Waals surface area contributed by atoms with Crippen molar-refractivity contribution in [2.24, 2.45) is 5.92 Å². The molecule has 0 aliphatic carbocycles. The Hall–Kier alpha value is -4.19. The van der Waals surface area contributed by atoms with Gasteiger partial charge in [0.2, 0.25) is 6.79 Å². The number of carbonyl (C=O) groups is 3. The summed E-state index contributed by atoms with van der Waals surface area (Å²) in [7, 11) is 1.68. The van der Waals surface area contributed by atoms with Crippen LogP contribution in [-0.2, 0) is 0 Å². The zero-order valence-corrected chi connectivity index (χ0v) is 23.4. The molecule has 0 saturated heterocycles.